The highest BCUT2D eigenvalue weighted by molar-refractivity contribution is 5.90. The van der Waals surface area contributed by atoms with Crippen molar-refractivity contribution in [3.63, 3.8) is 0 Å². The Kier molecular flexibility index (Phi) is 9.01. The predicted octanol–water partition coefficient (Wildman–Crippen LogP) is 2.82. The van der Waals surface area contributed by atoms with E-state index in [0.29, 0.717) is 29.7 Å². The van der Waals surface area contributed by atoms with Crippen molar-refractivity contribution in [2.45, 2.75) is 83.8 Å². The van der Waals surface area contributed by atoms with Gasteiger partial charge in [0.25, 0.3) is 5.56 Å². The number of ketones is 1. The zero-order chi connectivity index (χ0) is 27.2. The molecule has 2 aliphatic rings. The van der Waals surface area contributed by atoms with Crippen molar-refractivity contribution < 1.29 is 24.2 Å². The van der Waals surface area contributed by atoms with E-state index in [1.54, 1.807) is 11.0 Å². The first-order chi connectivity index (χ1) is 18.2. The zero-order valence-corrected chi connectivity index (χ0v) is 22.2. The molecule has 4 atom stereocenters. The molecule has 1 aliphatic heterocycles. The molecule has 2 fully saturated rings. The van der Waals surface area contributed by atoms with E-state index in [1.165, 1.54) is 19.1 Å². The van der Waals surface area contributed by atoms with E-state index in [1.807, 2.05) is 6.92 Å². The van der Waals surface area contributed by atoms with Crippen molar-refractivity contribution in [1.29, 1.82) is 0 Å². The summed E-state index contributed by atoms with van der Waals surface area (Å²) >= 11 is 0. The number of benzene rings is 1. The monoisotopic (exact) mass is 525 g/mol. The molecule has 0 spiro atoms. The van der Waals surface area contributed by atoms with Gasteiger partial charge in [0.15, 0.2) is 5.78 Å². The molecular weight excluding hydrogens is 488 g/mol. The second kappa shape index (κ2) is 12.4. The van der Waals surface area contributed by atoms with Crippen molar-refractivity contribution in [2.75, 3.05) is 13.1 Å². The summed E-state index contributed by atoms with van der Waals surface area (Å²) < 4.78 is 5.66. The molecule has 10 nitrogen and oxygen atoms in total. The lowest BCUT2D eigenvalue weighted by atomic mass is 9.97. The first-order valence-electron chi connectivity index (χ1n) is 13.7. The highest BCUT2D eigenvalue weighted by Gasteiger charge is 2.37. The summed E-state index contributed by atoms with van der Waals surface area (Å²) in [5, 5.41) is 14.0. The van der Waals surface area contributed by atoms with Gasteiger partial charge in [0.1, 0.15) is 18.3 Å². The minimum atomic E-state index is -0.590. The Labute approximate surface area is 222 Å². The molecule has 1 aromatic heterocycles. The van der Waals surface area contributed by atoms with Crippen LogP contribution in [-0.4, -0.2) is 57.9 Å². The minimum absolute atomic E-state index is 0.0287. The van der Waals surface area contributed by atoms with Gasteiger partial charge >= 0.3 is 6.09 Å². The molecule has 1 unspecified atom stereocenters. The standard InChI is InChI=1S/C28H38N4O6/c1-17-13-14-32(26(17)18(2)33)25(35)16-29-28(37)38-24-10-6-8-19(24)7-4-3-5-9-22-27(36)31-23-15-20(34)11-12-21(23)30-22/h11-12,15,17,19,24,26,34H,3-10,13-14,16H2,1-2H3,(H,29,37)(H,31,36)/p-1/t17-,19-,24?,26+/m1/s1. The maximum absolute atomic E-state index is 12.6. The molecule has 0 bridgehead atoms. The summed E-state index contributed by atoms with van der Waals surface area (Å²) in [7, 11) is 0. The number of hydrogen-bond donors (Lipinski definition) is 2. The van der Waals surface area contributed by atoms with E-state index in [9.17, 15) is 24.3 Å². The van der Waals surface area contributed by atoms with Crippen LogP contribution in [0.15, 0.2) is 23.0 Å². The van der Waals surface area contributed by atoms with Crippen LogP contribution in [-0.2, 0) is 20.7 Å². The Bertz CT molecular complexity index is 1230. The number of carbonyl (C=O) groups is 3. The molecular formula is C28H37N4O6-. The molecule has 38 heavy (non-hydrogen) atoms. The van der Waals surface area contributed by atoms with Crippen LogP contribution < -0.4 is 16.0 Å². The van der Waals surface area contributed by atoms with Crippen molar-refractivity contribution in [3.8, 4) is 5.75 Å². The van der Waals surface area contributed by atoms with Crippen LogP contribution in [0.2, 0.25) is 0 Å². The third kappa shape index (κ3) is 6.71. The first-order valence-corrected chi connectivity index (χ1v) is 13.7. The Hall–Kier alpha value is -3.43. The highest BCUT2D eigenvalue weighted by atomic mass is 16.6. The predicted molar refractivity (Wildman–Crippen MR) is 140 cm³/mol. The number of amides is 2. The van der Waals surface area contributed by atoms with E-state index >= 15 is 0 Å². The number of hydrogen-bond acceptors (Lipinski definition) is 7. The third-order valence-electron chi connectivity index (χ3n) is 7.89. The van der Waals surface area contributed by atoms with Gasteiger partial charge in [0, 0.05) is 6.54 Å². The summed E-state index contributed by atoms with van der Waals surface area (Å²) in [5.41, 5.74) is 1.28. The van der Waals surface area contributed by atoms with Crippen LogP contribution in [0.25, 0.3) is 11.0 Å². The number of aryl methyl sites for hydroxylation is 1. The Morgan fingerprint density at radius 2 is 2.00 bits per heavy atom. The topological polar surface area (TPSA) is 145 Å². The zero-order valence-electron chi connectivity index (χ0n) is 22.2. The second-order valence-electron chi connectivity index (χ2n) is 10.7. The summed E-state index contributed by atoms with van der Waals surface area (Å²) in [5.74, 6) is -0.0486. The van der Waals surface area contributed by atoms with Crippen LogP contribution in [0.5, 0.6) is 5.75 Å². The highest BCUT2D eigenvalue weighted by Crippen LogP contribution is 2.32. The average molecular weight is 526 g/mol. The van der Waals surface area contributed by atoms with Crippen LogP contribution in [0, 0.1) is 11.8 Å². The first kappa shape index (κ1) is 27.6. The Balaban J connectivity index is 1.17. The van der Waals surface area contributed by atoms with E-state index in [0.717, 1.165) is 51.4 Å². The number of ether oxygens (including phenoxy) is 1. The average Bonchev–Trinajstić information content (AvgIpc) is 3.48. The van der Waals surface area contributed by atoms with Crippen LogP contribution in [0.3, 0.4) is 0 Å². The second-order valence-corrected chi connectivity index (χ2v) is 10.7. The van der Waals surface area contributed by atoms with Gasteiger partial charge in [-0.25, -0.2) is 9.78 Å². The van der Waals surface area contributed by atoms with Gasteiger partial charge in [-0.2, -0.15) is 0 Å². The quantitative estimate of drug-likeness (QED) is 0.454. The van der Waals surface area contributed by atoms with E-state index in [-0.39, 0.29) is 47.5 Å². The number of nitrogens with zero attached hydrogens (tertiary/aromatic N) is 2. The number of Topliss-reactive ketones (excluding diaryl/α,β-unsaturated/α-hetero) is 1. The summed E-state index contributed by atoms with van der Waals surface area (Å²) in [4.78, 5) is 57.9. The number of H-pyrrole nitrogens is 1. The van der Waals surface area contributed by atoms with Crippen molar-refractivity contribution in [1.82, 2.24) is 20.2 Å². The van der Waals surface area contributed by atoms with Gasteiger partial charge in [0.2, 0.25) is 5.91 Å². The van der Waals surface area contributed by atoms with Crippen LogP contribution >= 0.6 is 0 Å². The van der Waals surface area contributed by atoms with Gasteiger partial charge < -0.3 is 25.0 Å². The summed E-state index contributed by atoms with van der Waals surface area (Å²) in [6.07, 6.45) is 7.01. The molecule has 1 saturated carbocycles. The smallest absolute Gasteiger partial charge is 0.407 e. The molecule has 1 saturated heterocycles. The number of nitrogens with one attached hydrogen (secondary N) is 2. The molecule has 2 aromatic rings. The summed E-state index contributed by atoms with van der Waals surface area (Å²) in [6.45, 7) is 3.82. The number of aromatic nitrogens is 2. The van der Waals surface area contributed by atoms with Gasteiger partial charge in [-0.3, -0.25) is 14.4 Å². The Morgan fingerprint density at radius 1 is 1.18 bits per heavy atom. The van der Waals surface area contributed by atoms with Crippen LogP contribution in [0.4, 0.5) is 4.79 Å². The van der Waals surface area contributed by atoms with Gasteiger partial charge in [-0.1, -0.05) is 25.8 Å². The molecule has 2 heterocycles. The number of carbonyl (C=O) groups excluding carboxylic acids is 3. The molecule has 2 amide bonds. The summed E-state index contributed by atoms with van der Waals surface area (Å²) in [6, 6.07) is 4.03. The number of alkyl carbamates (subject to hydrolysis) is 1. The molecule has 0 radical (unpaired) electrons. The number of unbranched alkanes of at least 4 members (excludes halogenated alkanes) is 2. The fourth-order valence-electron chi connectivity index (χ4n) is 5.91. The van der Waals surface area contributed by atoms with Crippen molar-refractivity contribution in [2.24, 2.45) is 11.8 Å². The van der Waals surface area contributed by atoms with E-state index < -0.39 is 12.1 Å². The molecule has 206 valence electrons. The fraction of sp³-hybridized carbons (Fsp3) is 0.607. The van der Waals surface area contributed by atoms with E-state index in [4.69, 9.17) is 4.74 Å². The van der Waals surface area contributed by atoms with Crippen LogP contribution in [0.1, 0.15) is 70.9 Å². The minimum Gasteiger partial charge on any atom is -0.872 e. The van der Waals surface area contributed by atoms with Crippen molar-refractivity contribution >= 4 is 28.8 Å². The molecule has 1 aliphatic carbocycles. The largest absolute Gasteiger partial charge is 0.872 e. The lowest BCUT2D eigenvalue weighted by molar-refractivity contribution is -0.268. The normalized spacial score (nSPS) is 23.1. The number of likely N-dealkylation sites (tertiary alicyclic amines) is 1. The Morgan fingerprint density at radius 3 is 2.79 bits per heavy atom. The lowest BCUT2D eigenvalue weighted by Crippen LogP contribution is -2.46. The molecule has 1 aromatic carbocycles. The molecule has 2 N–H and O–H groups in total. The number of rotatable bonds is 10. The maximum Gasteiger partial charge on any atom is 0.407 e. The molecule has 10 heteroatoms. The SMILES string of the molecule is CC(=O)[C@@H]1[C@H](C)CCN1C(=O)CNC(=O)OC1CCC[C@H]1CCCCCc1nc2ccc([O-])cc2[nH]c1=O. The number of fused-ring (bicyclic) bond motifs is 1. The lowest BCUT2D eigenvalue weighted by Gasteiger charge is -2.25. The third-order valence-corrected chi connectivity index (χ3v) is 7.89. The molecule has 4 rings (SSSR count). The van der Waals surface area contributed by atoms with Crippen molar-refractivity contribution in [3.05, 3.63) is 34.2 Å². The van der Waals surface area contributed by atoms with Gasteiger partial charge in [-0.05, 0) is 75.8 Å². The maximum atomic E-state index is 12.6. The van der Waals surface area contributed by atoms with E-state index in [2.05, 4.69) is 15.3 Å². The van der Waals surface area contributed by atoms with Gasteiger partial charge in [0.05, 0.1) is 17.1 Å². The van der Waals surface area contributed by atoms with Gasteiger partial charge in [-0.15, -0.1) is 5.75 Å². The number of aromatic amines is 1. The fourth-order valence-corrected chi connectivity index (χ4v) is 5.91.